The summed E-state index contributed by atoms with van der Waals surface area (Å²) in [6.45, 7) is 8.26. The molecule has 4 rings (SSSR count). The third kappa shape index (κ3) is 4.34. The van der Waals surface area contributed by atoms with Gasteiger partial charge in [-0.3, -0.25) is 9.20 Å². The molecule has 152 valence electrons. The fourth-order valence-corrected chi connectivity index (χ4v) is 4.11. The standard InChI is InChI=1S/C24H30N4O/c1-24(2,3)20-10-7-18(8-11-20)9-12-22(29)27-16-13-19(14-17-27)23-26-25-21-6-4-5-15-28(21)23/h4-8,10-11,15,19H,9,12-14,16-17H2,1-3H3. The lowest BCUT2D eigenvalue weighted by Crippen LogP contribution is -2.38. The highest BCUT2D eigenvalue weighted by Gasteiger charge is 2.26. The Labute approximate surface area is 172 Å². The molecular formula is C24H30N4O. The van der Waals surface area contributed by atoms with Crippen LogP contribution in [0.1, 0.15) is 62.9 Å². The lowest BCUT2D eigenvalue weighted by atomic mass is 9.86. The van der Waals surface area contributed by atoms with Crippen molar-refractivity contribution in [1.29, 1.82) is 0 Å². The van der Waals surface area contributed by atoms with Crippen molar-refractivity contribution in [3.8, 4) is 0 Å². The van der Waals surface area contributed by atoms with Crippen LogP contribution in [0.25, 0.3) is 5.65 Å². The molecule has 1 amide bonds. The van der Waals surface area contributed by atoms with Crippen LogP contribution in [0.5, 0.6) is 0 Å². The van der Waals surface area contributed by atoms with Crippen LogP contribution >= 0.6 is 0 Å². The van der Waals surface area contributed by atoms with Crippen molar-refractivity contribution < 1.29 is 4.79 Å². The predicted molar refractivity (Wildman–Crippen MR) is 115 cm³/mol. The van der Waals surface area contributed by atoms with Gasteiger partial charge in [0, 0.05) is 31.6 Å². The van der Waals surface area contributed by atoms with Crippen LogP contribution in [0, 0.1) is 0 Å². The minimum Gasteiger partial charge on any atom is -0.343 e. The van der Waals surface area contributed by atoms with Gasteiger partial charge in [0.05, 0.1) is 0 Å². The van der Waals surface area contributed by atoms with Gasteiger partial charge in [-0.15, -0.1) is 10.2 Å². The fraction of sp³-hybridized carbons (Fsp3) is 0.458. The lowest BCUT2D eigenvalue weighted by Gasteiger charge is -2.31. The summed E-state index contributed by atoms with van der Waals surface area (Å²) in [4.78, 5) is 14.7. The summed E-state index contributed by atoms with van der Waals surface area (Å²) in [7, 11) is 0. The average Bonchev–Trinajstić information content (AvgIpc) is 3.16. The molecule has 5 nitrogen and oxygen atoms in total. The molecule has 0 unspecified atom stereocenters. The molecule has 1 fully saturated rings. The van der Waals surface area contributed by atoms with Crippen LogP contribution in [0.3, 0.4) is 0 Å². The Bertz CT molecular complexity index is 976. The summed E-state index contributed by atoms with van der Waals surface area (Å²) >= 11 is 0. The second-order valence-electron chi connectivity index (χ2n) is 9.09. The first kappa shape index (κ1) is 19.6. The Morgan fingerprint density at radius 1 is 1.03 bits per heavy atom. The first-order valence-corrected chi connectivity index (χ1v) is 10.6. The van der Waals surface area contributed by atoms with Gasteiger partial charge in [-0.2, -0.15) is 0 Å². The number of amides is 1. The monoisotopic (exact) mass is 390 g/mol. The van der Waals surface area contributed by atoms with E-state index < -0.39 is 0 Å². The average molecular weight is 391 g/mol. The molecule has 0 atom stereocenters. The summed E-state index contributed by atoms with van der Waals surface area (Å²) in [5, 5.41) is 8.66. The van der Waals surface area contributed by atoms with E-state index >= 15 is 0 Å². The molecule has 0 aliphatic carbocycles. The van der Waals surface area contributed by atoms with Crippen LogP contribution < -0.4 is 0 Å². The number of pyridine rings is 1. The SMILES string of the molecule is CC(C)(C)c1ccc(CCC(=O)N2CCC(c3nnc4ccccn34)CC2)cc1. The zero-order chi connectivity index (χ0) is 20.4. The van der Waals surface area contributed by atoms with Crippen LogP contribution in [-0.4, -0.2) is 38.5 Å². The van der Waals surface area contributed by atoms with Gasteiger partial charge in [-0.1, -0.05) is 51.1 Å². The second kappa shape index (κ2) is 7.97. The van der Waals surface area contributed by atoms with Gasteiger partial charge in [-0.05, 0) is 47.9 Å². The summed E-state index contributed by atoms with van der Waals surface area (Å²) in [5.74, 6) is 1.64. The molecule has 0 N–H and O–H groups in total. The van der Waals surface area contributed by atoms with Crippen LogP contribution in [0.4, 0.5) is 0 Å². The number of piperidine rings is 1. The topological polar surface area (TPSA) is 50.5 Å². The van der Waals surface area contributed by atoms with Crippen LogP contribution in [0.15, 0.2) is 48.7 Å². The molecule has 3 aromatic rings. The van der Waals surface area contributed by atoms with Gasteiger partial charge in [0.25, 0.3) is 0 Å². The Balaban J connectivity index is 1.30. The molecule has 29 heavy (non-hydrogen) atoms. The predicted octanol–water partition coefficient (Wildman–Crippen LogP) is 4.37. The maximum absolute atomic E-state index is 12.7. The number of nitrogens with zero attached hydrogens (tertiary/aromatic N) is 4. The van der Waals surface area contributed by atoms with E-state index in [2.05, 4.69) is 59.6 Å². The first-order chi connectivity index (χ1) is 13.9. The van der Waals surface area contributed by atoms with Crippen molar-refractivity contribution in [1.82, 2.24) is 19.5 Å². The van der Waals surface area contributed by atoms with E-state index in [0.29, 0.717) is 12.3 Å². The minimum absolute atomic E-state index is 0.161. The molecule has 1 aliphatic rings. The smallest absolute Gasteiger partial charge is 0.222 e. The second-order valence-corrected chi connectivity index (χ2v) is 9.09. The number of likely N-dealkylation sites (tertiary alicyclic amines) is 1. The highest BCUT2D eigenvalue weighted by molar-refractivity contribution is 5.76. The van der Waals surface area contributed by atoms with E-state index in [9.17, 15) is 4.79 Å². The number of carbonyl (C=O) groups excluding carboxylic acids is 1. The molecule has 1 aromatic carbocycles. The highest BCUT2D eigenvalue weighted by atomic mass is 16.2. The van der Waals surface area contributed by atoms with Crippen LogP contribution in [-0.2, 0) is 16.6 Å². The summed E-state index contributed by atoms with van der Waals surface area (Å²) in [6.07, 6.45) is 5.29. The number of carbonyl (C=O) groups is 1. The Morgan fingerprint density at radius 3 is 2.45 bits per heavy atom. The largest absolute Gasteiger partial charge is 0.343 e. The zero-order valence-corrected chi connectivity index (χ0v) is 17.6. The molecule has 0 saturated carbocycles. The molecule has 0 spiro atoms. The summed E-state index contributed by atoms with van der Waals surface area (Å²) in [5.41, 5.74) is 3.61. The van der Waals surface area contributed by atoms with E-state index in [4.69, 9.17) is 0 Å². The maximum Gasteiger partial charge on any atom is 0.222 e. The number of rotatable bonds is 4. The third-order valence-corrected chi connectivity index (χ3v) is 6.00. The zero-order valence-electron chi connectivity index (χ0n) is 17.6. The van der Waals surface area contributed by atoms with E-state index in [-0.39, 0.29) is 11.3 Å². The fourth-order valence-electron chi connectivity index (χ4n) is 4.11. The van der Waals surface area contributed by atoms with Gasteiger partial charge in [0.1, 0.15) is 5.82 Å². The quantitative estimate of drug-likeness (QED) is 0.665. The molecular weight excluding hydrogens is 360 g/mol. The Hall–Kier alpha value is -2.69. The molecule has 2 aromatic heterocycles. The molecule has 5 heteroatoms. The number of hydrogen-bond acceptors (Lipinski definition) is 3. The first-order valence-electron chi connectivity index (χ1n) is 10.6. The van der Waals surface area contributed by atoms with Gasteiger partial charge in [-0.25, -0.2) is 0 Å². The van der Waals surface area contributed by atoms with Crippen molar-refractivity contribution in [2.45, 2.75) is 57.8 Å². The van der Waals surface area contributed by atoms with Gasteiger partial charge >= 0.3 is 0 Å². The van der Waals surface area contributed by atoms with Crippen LogP contribution in [0.2, 0.25) is 0 Å². The molecule has 1 aliphatic heterocycles. The van der Waals surface area contributed by atoms with Gasteiger partial charge < -0.3 is 4.90 Å². The van der Waals surface area contributed by atoms with Gasteiger partial charge in [0.2, 0.25) is 5.91 Å². The normalized spacial score (nSPS) is 15.8. The van der Waals surface area contributed by atoms with Crippen molar-refractivity contribution >= 4 is 11.6 Å². The number of hydrogen-bond donors (Lipinski definition) is 0. The number of benzene rings is 1. The van der Waals surface area contributed by atoms with E-state index in [1.54, 1.807) is 0 Å². The van der Waals surface area contributed by atoms with Crippen molar-refractivity contribution in [2.24, 2.45) is 0 Å². The molecule has 0 radical (unpaired) electrons. The molecule has 0 bridgehead atoms. The Kier molecular flexibility index (Phi) is 5.39. The van der Waals surface area contributed by atoms with E-state index in [1.807, 2.05) is 29.3 Å². The third-order valence-electron chi connectivity index (χ3n) is 6.00. The summed E-state index contributed by atoms with van der Waals surface area (Å²) < 4.78 is 2.07. The number of fused-ring (bicyclic) bond motifs is 1. The van der Waals surface area contributed by atoms with E-state index in [0.717, 1.165) is 43.8 Å². The highest BCUT2D eigenvalue weighted by Crippen LogP contribution is 2.27. The van der Waals surface area contributed by atoms with Crippen molar-refractivity contribution in [3.05, 3.63) is 65.6 Å². The molecule has 3 heterocycles. The lowest BCUT2D eigenvalue weighted by molar-refractivity contribution is -0.132. The number of aromatic nitrogens is 3. The minimum atomic E-state index is 0.161. The maximum atomic E-state index is 12.7. The van der Waals surface area contributed by atoms with Crippen molar-refractivity contribution in [2.75, 3.05) is 13.1 Å². The number of aryl methyl sites for hydroxylation is 1. The van der Waals surface area contributed by atoms with Crippen molar-refractivity contribution in [3.63, 3.8) is 0 Å². The summed E-state index contributed by atoms with van der Waals surface area (Å²) in [6, 6.07) is 14.7. The molecule has 1 saturated heterocycles. The van der Waals surface area contributed by atoms with Gasteiger partial charge in [0.15, 0.2) is 5.65 Å². The van der Waals surface area contributed by atoms with E-state index in [1.165, 1.54) is 11.1 Å². The Morgan fingerprint density at radius 2 is 1.76 bits per heavy atom.